The smallest absolute Gasteiger partial charge is 0.294 e. The molecule has 0 atom stereocenters. The van der Waals surface area contributed by atoms with E-state index in [9.17, 15) is 19.2 Å². The summed E-state index contributed by atoms with van der Waals surface area (Å²) in [6.45, 7) is 5.21. The van der Waals surface area contributed by atoms with Crippen LogP contribution in [0.1, 0.15) is 16.7 Å². The number of morpholine rings is 1. The molecular weight excluding hydrogens is 482 g/mol. The van der Waals surface area contributed by atoms with Gasteiger partial charge in [-0.15, -0.1) is 0 Å². The van der Waals surface area contributed by atoms with E-state index in [-0.39, 0.29) is 29.9 Å². The van der Waals surface area contributed by atoms with Gasteiger partial charge in [0.25, 0.3) is 17.1 Å². The summed E-state index contributed by atoms with van der Waals surface area (Å²) in [5.74, 6) is -0.637. The SMILES string of the molecule is Cc1ccc(NC(=O)COc2cccc(/C=C3\SC(=O)N(CC(=O)N4CCOCC4)C3=O)c2)c(C)c1. The lowest BCUT2D eigenvalue weighted by molar-refractivity contribution is -0.139. The number of thioether (sulfide) groups is 1. The van der Waals surface area contributed by atoms with E-state index in [2.05, 4.69) is 5.32 Å². The van der Waals surface area contributed by atoms with Crippen molar-refractivity contribution in [3.63, 3.8) is 0 Å². The van der Waals surface area contributed by atoms with Crippen LogP contribution in [0.25, 0.3) is 6.08 Å². The van der Waals surface area contributed by atoms with Crippen LogP contribution < -0.4 is 10.1 Å². The largest absolute Gasteiger partial charge is 0.484 e. The second kappa shape index (κ2) is 11.4. The molecule has 2 aliphatic rings. The minimum absolute atomic E-state index is 0.184. The van der Waals surface area contributed by atoms with Gasteiger partial charge in [0.2, 0.25) is 5.91 Å². The summed E-state index contributed by atoms with van der Waals surface area (Å²) in [6.07, 6.45) is 1.58. The number of carbonyl (C=O) groups is 4. The van der Waals surface area contributed by atoms with Crippen molar-refractivity contribution in [1.29, 1.82) is 0 Å². The molecule has 4 rings (SSSR count). The van der Waals surface area contributed by atoms with Crippen LogP contribution in [-0.4, -0.2) is 72.2 Å². The Balaban J connectivity index is 1.35. The fourth-order valence-corrected chi connectivity index (χ4v) is 4.66. The molecule has 10 heteroatoms. The molecule has 2 saturated heterocycles. The van der Waals surface area contributed by atoms with Gasteiger partial charge in [-0.2, -0.15) is 0 Å². The van der Waals surface area contributed by atoms with Gasteiger partial charge in [0.05, 0.1) is 18.1 Å². The third-order valence-electron chi connectivity index (χ3n) is 5.71. The van der Waals surface area contributed by atoms with Gasteiger partial charge < -0.3 is 19.7 Å². The molecular formula is C26H27N3O6S. The van der Waals surface area contributed by atoms with Gasteiger partial charge >= 0.3 is 0 Å². The molecule has 9 nitrogen and oxygen atoms in total. The topological polar surface area (TPSA) is 105 Å². The highest BCUT2D eigenvalue weighted by molar-refractivity contribution is 8.18. The number of nitrogens with zero attached hydrogens (tertiary/aromatic N) is 2. The zero-order valence-corrected chi connectivity index (χ0v) is 20.9. The molecule has 0 aliphatic carbocycles. The van der Waals surface area contributed by atoms with Gasteiger partial charge in [-0.25, -0.2) is 0 Å². The van der Waals surface area contributed by atoms with Crippen LogP contribution in [0.3, 0.4) is 0 Å². The molecule has 36 heavy (non-hydrogen) atoms. The zero-order chi connectivity index (χ0) is 25.7. The van der Waals surface area contributed by atoms with Crippen LogP contribution in [0.4, 0.5) is 10.5 Å². The van der Waals surface area contributed by atoms with Crippen LogP contribution in [0.5, 0.6) is 5.75 Å². The number of hydrogen-bond acceptors (Lipinski definition) is 7. The van der Waals surface area contributed by atoms with E-state index in [1.54, 1.807) is 35.2 Å². The molecule has 0 spiro atoms. The molecule has 2 aliphatic heterocycles. The molecule has 2 fully saturated rings. The average Bonchev–Trinajstić information content (AvgIpc) is 3.12. The Labute approximate surface area is 213 Å². The van der Waals surface area contributed by atoms with Crippen molar-refractivity contribution in [2.24, 2.45) is 0 Å². The molecule has 2 aromatic rings. The van der Waals surface area contributed by atoms with Crippen molar-refractivity contribution in [1.82, 2.24) is 9.80 Å². The first-order chi connectivity index (χ1) is 17.3. The number of carbonyl (C=O) groups excluding carboxylic acids is 4. The number of amides is 4. The van der Waals surface area contributed by atoms with Crippen LogP contribution in [0, 0.1) is 13.8 Å². The zero-order valence-electron chi connectivity index (χ0n) is 20.1. The second-order valence-electron chi connectivity index (χ2n) is 8.49. The predicted octanol–water partition coefficient (Wildman–Crippen LogP) is 3.22. The second-order valence-corrected chi connectivity index (χ2v) is 9.48. The van der Waals surface area contributed by atoms with Crippen LogP contribution in [-0.2, 0) is 19.1 Å². The lowest BCUT2D eigenvalue weighted by Gasteiger charge is -2.28. The first kappa shape index (κ1) is 25.5. The number of ether oxygens (including phenoxy) is 2. The Hall–Kier alpha value is -3.63. The molecule has 1 N–H and O–H groups in total. The summed E-state index contributed by atoms with van der Waals surface area (Å²) in [5, 5.41) is 2.35. The monoisotopic (exact) mass is 509 g/mol. The number of rotatable bonds is 7. The fraction of sp³-hybridized carbons (Fsp3) is 0.308. The van der Waals surface area contributed by atoms with Gasteiger partial charge in [-0.05, 0) is 61.0 Å². The van der Waals surface area contributed by atoms with E-state index in [0.29, 0.717) is 37.6 Å². The molecule has 0 saturated carbocycles. The van der Waals surface area contributed by atoms with Crippen LogP contribution in [0.15, 0.2) is 47.4 Å². The van der Waals surface area contributed by atoms with Gasteiger partial charge in [0.1, 0.15) is 12.3 Å². The maximum atomic E-state index is 12.8. The Bertz CT molecular complexity index is 1220. The van der Waals surface area contributed by atoms with Crippen LogP contribution in [0.2, 0.25) is 0 Å². The molecule has 0 unspecified atom stereocenters. The number of hydrogen-bond donors (Lipinski definition) is 1. The van der Waals surface area contributed by atoms with E-state index in [1.807, 2.05) is 32.0 Å². The molecule has 2 heterocycles. The Morgan fingerprint density at radius 2 is 1.89 bits per heavy atom. The molecule has 0 aromatic heterocycles. The predicted molar refractivity (Wildman–Crippen MR) is 137 cm³/mol. The number of nitrogens with one attached hydrogen (secondary N) is 1. The van der Waals surface area contributed by atoms with E-state index in [1.165, 1.54) is 0 Å². The number of imide groups is 1. The summed E-state index contributed by atoms with van der Waals surface area (Å²) < 4.78 is 10.9. The van der Waals surface area contributed by atoms with Gasteiger partial charge in [0, 0.05) is 18.8 Å². The van der Waals surface area contributed by atoms with Crippen molar-refractivity contribution >= 4 is 46.5 Å². The summed E-state index contributed by atoms with van der Waals surface area (Å²) in [6, 6.07) is 12.6. The highest BCUT2D eigenvalue weighted by atomic mass is 32.2. The van der Waals surface area contributed by atoms with Crippen molar-refractivity contribution in [3.8, 4) is 5.75 Å². The minimum Gasteiger partial charge on any atom is -0.484 e. The van der Waals surface area contributed by atoms with Crippen molar-refractivity contribution < 1.29 is 28.7 Å². The third-order valence-corrected chi connectivity index (χ3v) is 6.62. The molecule has 4 amide bonds. The standard InChI is InChI=1S/C26H27N3O6S/c1-17-6-7-21(18(2)12-17)27-23(30)16-35-20-5-3-4-19(13-20)14-22-25(32)29(26(33)36-22)15-24(31)28-8-10-34-11-9-28/h3-7,12-14H,8-11,15-16H2,1-2H3,(H,27,30)/b22-14-. The minimum atomic E-state index is -0.509. The Kier molecular flexibility index (Phi) is 8.07. The molecule has 0 bridgehead atoms. The highest BCUT2D eigenvalue weighted by Gasteiger charge is 2.37. The molecule has 0 radical (unpaired) electrons. The maximum Gasteiger partial charge on any atom is 0.294 e. The first-order valence-corrected chi connectivity index (χ1v) is 12.3. The first-order valence-electron chi connectivity index (χ1n) is 11.5. The Morgan fingerprint density at radius 1 is 1.11 bits per heavy atom. The summed E-state index contributed by atoms with van der Waals surface area (Å²) in [5.41, 5.74) is 3.43. The van der Waals surface area contributed by atoms with Crippen molar-refractivity contribution in [3.05, 3.63) is 64.1 Å². The summed E-state index contributed by atoms with van der Waals surface area (Å²) in [4.78, 5) is 52.8. The lowest BCUT2D eigenvalue weighted by atomic mass is 10.1. The summed E-state index contributed by atoms with van der Waals surface area (Å²) in [7, 11) is 0. The maximum absolute atomic E-state index is 12.8. The van der Waals surface area contributed by atoms with E-state index in [4.69, 9.17) is 9.47 Å². The third kappa shape index (κ3) is 6.32. The number of aryl methyl sites for hydroxylation is 2. The van der Waals surface area contributed by atoms with E-state index in [0.717, 1.165) is 33.5 Å². The van der Waals surface area contributed by atoms with Crippen LogP contribution >= 0.6 is 11.8 Å². The average molecular weight is 510 g/mol. The quantitative estimate of drug-likeness (QED) is 0.572. The van der Waals surface area contributed by atoms with Crippen molar-refractivity contribution in [2.75, 3.05) is 44.8 Å². The van der Waals surface area contributed by atoms with E-state index >= 15 is 0 Å². The van der Waals surface area contributed by atoms with E-state index < -0.39 is 11.1 Å². The molecule has 188 valence electrons. The summed E-state index contributed by atoms with van der Waals surface area (Å²) >= 11 is 0.791. The molecule has 2 aromatic carbocycles. The fourth-order valence-electron chi connectivity index (χ4n) is 3.82. The van der Waals surface area contributed by atoms with Gasteiger partial charge in [-0.1, -0.05) is 29.8 Å². The van der Waals surface area contributed by atoms with Gasteiger partial charge in [-0.3, -0.25) is 24.1 Å². The van der Waals surface area contributed by atoms with Crippen molar-refractivity contribution in [2.45, 2.75) is 13.8 Å². The lowest BCUT2D eigenvalue weighted by Crippen LogP contribution is -2.46. The normalized spacial score (nSPS) is 17.0. The Morgan fingerprint density at radius 3 is 2.64 bits per heavy atom. The number of benzene rings is 2. The van der Waals surface area contributed by atoms with Gasteiger partial charge in [0.15, 0.2) is 6.61 Å². The highest BCUT2D eigenvalue weighted by Crippen LogP contribution is 2.32. The number of anilines is 1.